The summed E-state index contributed by atoms with van der Waals surface area (Å²) >= 11 is 13.1. The predicted octanol–water partition coefficient (Wildman–Crippen LogP) is 6.06. The molecule has 0 saturated carbocycles. The zero-order valence-electron chi connectivity index (χ0n) is 14.0. The number of rotatable bonds is 4. The fraction of sp³-hybridized carbons (Fsp3) is 0.0526. The first-order valence-electron chi connectivity index (χ1n) is 7.70. The Morgan fingerprint density at radius 2 is 1.78 bits per heavy atom. The summed E-state index contributed by atoms with van der Waals surface area (Å²) in [6.45, 7) is 0. The molecule has 2 aromatic carbocycles. The number of anilines is 1. The van der Waals surface area contributed by atoms with Gasteiger partial charge in [-0.2, -0.15) is 0 Å². The molecule has 3 rings (SSSR count). The normalized spacial score (nSPS) is 10.5. The van der Waals surface area contributed by atoms with Gasteiger partial charge in [0.2, 0.25) is 5.06 Å². The summed E-state index contributed by atoms with van der Waals surface area (Å²) in [5.74, 6) is -0.413. The average Bonchev–Trinajstić information content (AvgIpc) is 3.04. The number of ether oxygens (including phenoxy) is 1. The van der Waals surface area contributed by atoms with Gasteiger partial charge in [0.15, 0.2) is 0 Å². The zero-order valence-corrected chi connectivity index (χ0v) is 16.3. The second-order valence-corrected chi connectivity index (χ2v) is 7.36. The van der Waals surface area contributed by atoms with Crippen molar-refractivity contribution in [1.82, 2.24) is 0 Å². The minimum atomic E-state index is -1.46. The minimum absolute atomic E-state index is 0.0993. The number of hydrogen-bond acceptors (Lipinski definition) is 4. The van der Waals surface area contributed by atoms with Crippen molar-refractivity contribution in [3.05, 3.63) is 70.2 Å². The van der Waals surface area contributed by atoms with Crippen molar-refractivity contribution in [2.45, 2.75) is 0 Å². The monoisotopic (exact) mass is 421 g/mol. The Bertz CT molecular complexity index is 1000. The van der Waals surface area contributed by atoms with Crippen LogP contribution in [0.5, 0.6) is 5.06 Å². The number of carbonyl (C=O) groups is 2. The third kappa shape index (κ3) is 4.24. The lowest BCUT2D eigenvalue weighted by Gasteiger charge is -2.17. The lowest BCUT2D eigenvalue weighted by atomic mass is 10.1. The van der Waals surface area contributed by atoms with Gasteiger partial charge in [-0.25, -0.2) is 4.79 Å². The first kappa shape index (κ1) is 19.2. The van der Waals surface area contributed by atoms with Crippen molar-refractivity contribution < 1.29 is 19.4 Å². The van der Waals surface area contributed by atoms with E-state index in [9.17, 15) is 9.59 Å². The average molecular weight is 422 g/mol. The summed E-state index contributed by atoms with van der Waals surface area (Å²) < 4.78 is 4.89. The Balaban J connectivity index is 2.01. The molecule has 27 heavy (non-hydrogen) atoms. The van der Waals surface area contributed by atoms with Gasteiger partial charge in [0.1, 0.15) is 0 Å². The highest BCUT2D eigenvalue weighted by Gasteiger charge is 2.24. The fourth-order valence-corrected chi connectivity index (χ4v) is 3.98. The Labute approximate surface area is 169 Å². The van der Waals surface area contributed by atoms with E-state index in [2.05, 4.69) is 0 Å². The van der Waals surface area contributed by atoms with Crippen LogP contribution in [0.4, 0.5) is 10.5 Å². The van der Waals surface area contributed by atoms with Crippen molar-refractivity contribution in [2.75, 3.05) is 11.9 Å². The van der Waals surface area contributed by atoms with Crippen molar-refractivity contribution in [2.24, 2.45) is 0 Å². The number of carboxylic acid groups (broad SMARTS) is 1. The van der Waals surface area contributed by atoms with Crippen molar-refractivity contribution >= 4 is 52.3 Å². The molecule has 138 valence electrons. The molecule has 3 aromatic rings. The Kier molecular flexibility index (Phi) is 5.70. The highest BCUT2D eigenvalue weighted by atomic mass is 35.5. The Morgan fingerprint density at radius 1 is 1.07 bits per heavy atom. The number of nitrogens with zero attached hydrogens (tertiary/aromatic N) is 1. The fourth-order valence-electron chi connectivity index (χ4n) is 2.45. The second kappa shape index (κ2) is 8.00. The molecule has 0 aliphatic rings. The van der Waals surface area contributed by atoms with Crippen LogP contribution in [0, 0.1) is 0 Å². The molecule has 0 spiro atoms. The molecule has 0 fully saturated rings. The maximum absolute atomic E-state index is 12.9. The topological polar surface area (TPSA) is 66.8 Å². The smallest absolute Gasteiger partial charge is 0.449 e. The Hall–Kier alpha value is -2.54. The van der Waals surface area contributed by atoms with E-state index in [4.69, 9.17) is 33.0 Å². The number of hydrogen-bond donors (Lipinski definition) is 1. The van der Waals surface area contributed by atoms with Gasteiger partial charge in [-0.1, -0.05) is 64.9 Å². The van der Waals surface area contributed by atoms with Crippen LogP contribution in [0.2, 0.25) is 10.0 Å². The van der Waals surface area contributed by atoms with E-state index < -0.39 is 12.1 Å². The van der Waals surface area contributed by atoms with Crippen molar-refractivity contribution in [3.63, 3.8) is 0 Å². The van der Waals surface area contributed by atoms with Crippen molar-refractivity contribution in [1.29, 1.82) is 0 Å². The molecule has 0 saturated heterocycles. The second-order valence-electron chi connectivity index (χ2n) is 5.51. The first-order valence-corrected chi connectivity index (χ1v) is 9.27. The van der Waals surface area contributed by atoms with E-state index >= 15 is 0 Å². The minimum Gasteiger partial charge on any atom is -0.449 e. The number of amides is 1. The molecular weight excluding hydrogens is 409 g/mol. The number of halogens is 2. The molecule has 0 bridgehead atoms. The van der Waals surface area contributed by atoms with E-state index in [1.807, 2.05) is 30.3 Å². The molecule has 0 atom stereocenters. The Morgan fingerprint density at radius 3 is 2.41 bits per heavy atom. The van der Waals surface area contributed by atoms with E-state index in [0.717, 1.165) is 21.8 Å². The van der Waals surface area contributed by atoms with Crippen molar-refractivity contribution in [3.8, 4) is 15.5 Å². The van der Waals surface area contributed by atoms with Gasteiger partial charge in [0, 0.05) is 16.9 Å². The summed E-state index contributed by atoms with van der Waals surface area (Å²) in [5, 5.41) is 9.75. The van der Waals surface area contributed by atoms with Gasteiger partial charge >= 0.3 is 6.16 Å². The molecule has 1 amide bonds. The van der Waals surface area contributed by atoms with Gasteiger partial charge in [0.05, 0.1) is 16.3 Å². The number of thiophene rings is 1. The maximum Gasteiger partial charge on any atom is 0.512 e. The van der Waals surface area contributed by atoms with Crippen LogP contribution >= 0.6 is 34.5 Å². The molecule has 0 aliphatic heterocycles. The van der Waals surface area contributed by atoms with Gasteiger partial charge in [0.25, 0.3) is 5.91 Å². The number of benzene rings is 2. The molecule has 0 aliphatic carbocycles. The standard InChI is InChI=1S/C19H13Cl2NO4S/c1-22(17(23)13-8-7-12(20)9-14(13)21)15-10-16(11-5-3-2-4-6-11)27-18(15)26-19(24)25/h2-10H,1H3,(H,24,25). The summed E-state index contributed by atoms with van der Waals surface area (Å²) in [7, 11) is 1.53. The molecule has 5 nitrogen and oxygen atoms in total. The summed E-state index contributed by atoms with van der Waals surface area (Å²) in [6, 6.07) is 15.7. The molecule has 0 radical (unpaired) electrons. The maximum atomic E-state index is 12.9. The SMILES string of the molecule is CN(C(=O)c1ccc(Cl)cc1Cl)c1cc(-c2ccccc2)sc1OC(=O)O. The lowest BCUT2D eigenvalue weighted by molar-refractivity contribution is 0.0991. The molecule has 1 heterocycles. The van der Waals surface area contributed by atoms with Gasteiger partial charge in [-0.05, 0) is 29.8 Å². The predicted molar refractivity (Wildman–Crippen MR) is 108 cm³/mol. The van der Waals surface area contributed by atoms with E-state index in [0.29, 0.717) is 10.7 Å². The van der Waals surface area contributed by atoms with Crippen LogP contribution in [0.1, 0.15) is 10.4 Å². The molecular formula is C19H13Cl2NO4S. The third-order valence-electron chi connectivity index (χ3n) is 3.75. The quantitative estimate of drug-likeness (QED) is 0.520. The van der Waals surface area contributed by atoms with Crippen LogP contribution in [-0.4, -0.2) is 24.2 Å². The van der Waals surface area contributed by atoms with Crippen LogP contribution in [0.3, 0.4) is 0 Å². The first-order chi connectivity index (χ1) is 12.9. The molecule has 1 N–H and O–H groups in total. The molecule has 8 heteroatoms. The van der Waals surface area contributed by atoms with E-state index in [1.165, 1.54) is 24.1 Å². The lowest BCUT2D eigenvalue weighted by Crippen LogP contribution is -2.26. The zero-order chi connectivity index (χ0) is 19.6. The summed E-state index contributed by atoms with van der Waals surface area (Å²) in [6.07, 6.45) is -1.46. The van der Waals surface area contributed by atoms with Crippen LogP contribution in [0.15, 0.2) is 54.6 Å². The highest BCUT2D eigenvalue weighted by Crippen LogP contribution is 2.43. The molecule has 0 unspecified atom stereocenters. The summed E-state index contributed by atoms with van der Waals surface area (Å²) in [5.41, 5.74) is 1.46. The van der Waals surface area contributed by atoms with Crippen LogP contribution < -0.4 is 9.64 Å². The summed E-state index contributed by atoms with van der Waals surface area (Å²) in [4.78, 5) is 26.0. The van der Waals surface area contributed by atoms with Crippen LogP contribution in [0.25, 0.3) is 10.4 Å². The van der Waals surface area contributed by atoms with Crippen LogP contribution in [-0.2, 0) is 0 Å². The van der Waals surface area contributed by atoms with Gasteiger partial charge < -0.3 is 14.7 Å². The van der Waals surface area contributed by atoms with Gasteiger partial charge in [-0.3, -0.25) is 4.79 Å². The third-order valence-corrected chi connectivity index (χ3v) is 5.34. The van der Waals surface area contributed by atoms with E-state index in [1.54, 1.807) is 12.1 Å². The highest BCUT2D eigenvalue weighted by molar-refractivity contribution is 7.18. The number of carbonyl (C=O) groups excluding carboxylic acids is 1. The largest absolute Gasteiger partial charge is 0.512 e. The molecule has 1 aromatic heterocycles. The van der Waals surface area contributed by atoms with Gasteiger partial charge in [-0.15, -0.1) is 0 Å². The van der Waals surface area contributed by atoms with E-state index in [-0.39, 0.29) is 15.6 Å².